The lowest BCUT2D eigenvalue weighted by Crippen LogP contribution is -2.29. The third-order valence-electron chi connectivity index (χ3n) is 5.98. The Morgan fingerprint density at radius 2 is 1.88 bits per heavy atom. The van der Waals surface area contributed by atoms with Gasteiger partial charge in [0.2, 0.25) is 5.91 Å². The zero-order valence-corrected chi connectivity index (χ0v) is 20.7. The van der Waals surface area contributed by atoms with E-state index in [4.69, 9.17) is 0 Å². The summed E-state index contributed by atoms with van der Waals surface area (Å²) in [6.07, 6.45) is -3.73. The lowest BCUT2D eigenvalue weighted by Gasteiger charge is -2.28. The van der Waals surface area contributed by atoms with E-state index in [1.807, 2.05) is 0 Å². The Morgan fingerprint density at radius 1 is 1.12 bits per heavy atom. The van der Waals surface area contributed by atoms with Gasteiger partial charge in [0.15, 0.2) is 11.5 Å². The highest BCUT2D eigenvalue weighted by Crippen LogP contribution is 2.32. The Labute approximate surface area is 222 Å². The highest BCUT2D eigenvalue weighted by Gasteiger charge is 2.32. The molecular formula is C23H24F6N8O3. The first-order chi connectivity index (χ1) is 18.9. The number of halogens is 6. The van der Waals surface area contributed by atoms with Gasteiger partial charge in [-0.3, -0.25) is 14.3 Å². The van der Waals surface area contributed by atoms with Gasteiger partial charge in [0.25, 0.3) is 5.91 Å². The molecule has 2 amide bonds. The third-order valence-corrected chi connectivity index (χ3v) is 5.98. The Morgan fingerprint density at radius 3 is 2.60 bits per heavy atom. The van der Waals surface area contributed by atoms with Crippen LogP contribution in [0.3, 0.4) is 0 Å². The monoisotopic (exact) mass is 574 g/mol. The van der Waals surface area contributed by atoms with Crippen LogP contribution in [-0.2, 0) is 24.4 Å². The van der Waals surface area contributed by atoms with Gasteiger partial charge in [-0.05, 0) is 37.0 Å². The summed E-state index contributed by atoms with van der Waals surface area (Å²) in [5.41, 5.74) is -0.411. The number of nitrogens with zero attached hydrogens (tertiary/aromatic N) is 6. The van der Waals surface area contributed by atoms with E-state index in [9.17, 15) is 35.9 Å². The number of carbonyl (C=O) groups is 2. The maximum absolute atomic E-state index is 14.5. The Hall–Kier alpha value is -4.18. The molecule has 0 aliphatic heterocycles. The normalized spacial score (nSPS) is 17.6. The second-order valence-electron chi connectivity index (χ2n) is 9.25. The maximum atomic E-state index is 14.5. The van der Waals surface area contributed by atoms with Gasteiger partial charge < -0.3 is 15.4 Å². The fourth-order valence-corrected chi connectivity index (χ4v) is 3.95. The first-order valence-electron chi connectivity index (χ1n) is 12.1. The molecule has 2 N–H and O–H groups in total. The number of anilines is 1. The first kappa shape index (κ1) is 28.8. The molecule has 1 unspecified atom stereocenters. The van der Waals surface area contributed by atoms with Gasteiger partial charge in [-0.25, -0.2) is 17.9 Å². The third kappa shape index (κ3) is 8.41. The highest BCUT2D eigenvalue weighted by atomic mass is 19.4. The molecule has 2 aromatic heterocycles. The second kappa shape index (κ2) is 12.3. The zero-order valence-electron chi connectivity index (χ0n) is 20.7. The van der Waals surface area contributed by atoms with Crippen molar-refractivity contribution in [2.75, 3.05) is 5.32 Å². The predicted octanol–water partition coefficient (Wildman–Crippen LogP) is 3.34. The van der Waals surface area contributed by atoms with E-state index in [1.165, 1.54) is 21.8 Å². The fraction of sp³-hybridized carbons (Fsp3) is 0.478. The van der Waals surface area contributed by atoms with Crippen LogP contribution in [0.15, 0.2) is 30.6 Å². The second-order valence-corrected chi connectivity index (χ2v) is 9.25. The minimum Gasteiger partial charge on any atom is -0.406 e. The van der Waals surface area contributed by atoms with E-state index in [0.29, 0.717) is 12.8 Å². The quantitative estimate of drug-likeness (QED) is 0.318. The van der Waals surface area contributed by atoms with E-state index in [-0.39, 0.29) is 54.8 Å². The SMILES string of the molecule is O=C(CC1CC(F)C1)Nc1cn(CC(F)CCn2cc(C(=O)NCc3cc(OC(F)(F)F)ccc3F)nn2)nn1. The molecule has 1 atom stereocenters. The van der Waals surface area contributed by atoms with Crippen LogP contribution in [0.2, 0.25) is 0 Å². The summed E-state index contributed by atoms with van der Waals surface area (Å²) < 4.78 is 84.6. The molecule has 216 valence electrons. The molecule has 4 rings (SSSR count). The van der Waals surface area contributed by atoms with Crippen molar-refractivity contribution in [2.24, 2.45) is 5.92 Å². The van der Waals surface area contributed by atoms with Crippen LogP contribution < -0.4 is 15.4 Å². The summed E-state index contributed by atoms with van der Waals surface area (Å²) >= 11 is 0. The van der Waals surface area contributed by atoms with E-state index in [0.717, 1.165) is 18.2 Å². The van der Waals surface area contributed by atoms with Crippen LogP contribution in [0.5, 0.6) is 5.75 Å². The molecule has 0 spiro atoms. The topological polar surface area (TPSA) is 129 Å². The van der Waals surface area contributed by atoms with Crippen molar-refractivity contribution in [3.63, 3.8) is 0 Å². The number of ether oxygens (including phenoxy) is 1. The van der Waals surface area contributed by atoms with Crippen LogP contribution in [0.4, 0.5) is 32.2 Å². The first-order valence-corrected chi connectivity index (χ1v) is 12.1. The summed E-state index contributed by atoms with van der Waals surface area (Å²) in [4.78, 5) is 24.3. The molecule has 3 aromatic rings. The van der Waals surface area contributed by atoms with Crippen molar-refractivity contribution in [1.82, 2.24) is 35.3 Å². The van der Waals surface area contributed by atoms with E-state index in [2.05, 4.69) is 36.0 Å². The van der Waals surface area contributed by atoms with E-state index in [1.54, 1.807) is 0 Å². The van der Waals surface area contributed by atoms with Crippen molar-refractivity contribution < 1.29 is 40.7 Å². The molecule has 17 heteroatoms. The minimum absolute atomic E-state index is 0.00505. The number of alkyl halides is 5. The Bertz CT molecular complexity index is 1320. The molecule has 1 aliphatic carbocycles. The number of aryl methyl sites for hydroxylation is 1. The molecular weight excluding hydrogens is 550 g/mol. The van der Waals surface area contributed by atoms with Crippen LogP contribution >= 0.6 is 0 Å². The molecule has 1 saturated carbocycles. The number of hydrogen-bond acceptors (Lipinski definition) is 7. The van der Waals surface area contributed by atoms with Crippen LogP contribution in [0, 0.1) is 11.7 Å². The van der Waals surface area contributed by atoms with Crippen molar-refractivity contribution in [3.8, 4) is 5.75 Å². The van der Waals surface area contributed by atoms with Crippen molar-refractivity contribution in [3.05, 3.63) is 47.7 Å². The summed E-state index contributed by atoms with van der Waals surface area (Å²) in [6.45, 7) is -0.569. The van der Waals surface area contributed by atoms with Crippen molar-refractivity contribution >= 4 is 17.6 Å². The number of amides is 2. The van der Waals surface area contributed by atoms with Gasteiger partial charge in [0.05, 0.1) is 18.9 Å². The molecule has 1 aliphatic rings. The summed E-state index contributed by atoms with van der Waals surface area (Å²) in [6, 6.07) is 2.39. The highest BCUT2D eigenvalue weighted by molar-refractivity contribution is 5.91. The number of carbonyl (C=O) groups excluding carboxylic acids is 2. The molecule has 40 heavy (non-hydrogen) atoms. The average molecular weight is 574 g/mol. The molecule has 2 heterocycles. The summed E-state index contributed by atoms with van der Waals surface area (Å²) in [7, 11) is 0. The predicted molar refractivity (Wildman–Crippen MR) is 125 cm³/mol. The van der Waals surface area contributed by atoms with Crippen LogP contribution in [0.1, 0.15) is 41.7 Å². The molecule has 1 fully saturated rings. The number of rotatable bonds is 12. The van der Waals surface area contributed by atoms with Gasteiger partial charge >= 0.3 is 6.36 Å². The van der Waals surface area contributed by atoms with Gasteiger partial charge in [-0.2, -0.15) is 0 Å². The molecule has 0 saturated heterocycles. The lowest BCUT2D eigenvalue weighted by atomic mass is 9.81. The summed E-state index contributed by atoms with van der Waals surface area (Å²) in [5, 5.41) is 19.8. The molecule has 0 radical (unpaired) electrons. The van der Waals surface area contributed by atoms with Crippen molar-refractivity contribution in [2.45, 2.75) is 64.0 Å². The van der Waals surface area contributed by atoms with E-state index >= 15 is 0 Å². The van der Waals surface area contributed by atoms with E-state index < -0.39 is 42.7 Å². The number of benzene rings is 1. The number of hydrogen-bond donors (Lipinski definition) is 2. The largest absolute Gasteiger partial charge is 0.573 e. The number of nitrogens with one attached hydrogen (secondary N) is 2. The average Bonchev–Trinajstić information content (AvgIpc) is 3.50. The molecule has 11 nitrogen and oxygen atoms in total. The zero-order chi connectivity index (χ0) is 28.9. The molecule has 1 aromatic carbocycles. The standard InChI is InChI=1S/C23H24F6N8O3/c24-15(10-37-12-20(33-35-37)31-21(38)7-13-5-16(25)6-13)3-4-36-11-19(32-34-36)22(39)30-9-14-8-17(1-2-18(14)26)40-23(27,28)29/h1-2,8,11-13,15-16H,3-7,9-10H2,(H,30,39)(H,31,38). The summed E-state index contributed by atoms with van der Waals surface area (Å²) in [5.74, 6) is -2.42. The minimum atomic E-state index is -4.95. The fourth-order valence-electron chi connectivity index (χ4n) is 3.95. The van der Waals surface area contributed by atoms with Gasteiger partial charge in [0.1, 0.15) is 23.9 Å². The van der Waals surface area contributed by atoms with Crippen LogP contribution in [0.25, 0.3) is 0 Å². The van der Waals surface area contributed by atoms with Gasteiger partial charge in [0, 0.05) is 31.5 Å². The lowest BCUT2D eigenvalue weighted by molar-refractivity contribution is -0.274. The Kier molecular flexibility index (Phi) is 8.89. The Balaban J connectivity index is 1.20. The van der Waals surface area contributed by atoms with Crippen LogP contribution in [-0.4, -0.2) is 60.5 Å². The smallest absolute Gasteiger partial charge is 0.406 e. The van der Waals surface area contributed by atoms with Crippen molar-refractivity contribution in [1.29, 1.82) is 0 Å². The van der Waals surface area contributed by atoms with Gasteiger partial charge in [-0.15, -0.1) is 23.4 Å². The number of aromatic nitrogens is 6. The maximum Gasteiger partial charge on any atom is 0.573 e. The molecule has 0 bridgehead atoms. The van der Waals surface area contributed by atoms with Gasteiger partial charge in [-0.1, -0.05) is 10.4 Å².